The smallest absolute Gasteiger partial charge is 0.405 e. The Morgan fingerprint density at radius 2 is 1.03 bits per heavy atom. The molecule has 1 nitrogen and oxygen atoms in total. The van der Waals surface area contributed by atoms with Crippen molar-refractivity contribution in [1.29, 1.82) is 0 Å². The summed E-state index contributed by atoms with van der Waals surface area (Å²) >= 11 is -1.08. The Morgan fingerprint density at radius 1 is 0.613 bits per heavy atom. The SMILES string of the molecule is C[Si](C)(C)[CH2][Al]([CH2][Si](C)(C)C)[NH]c1ccccc1[PH+](c1ccccc1)c1ccccc1. The largest absolute Gasteiger partial charge is 0.473 e. The molecule has 0 atom stereocenters. The highest BCUT2D eigenvalue weighted by Crippen LogP contribution is 2.36. The van der Waals surface area contributed by atoms with Crippen LogP contribution in [-0.4, -0.2) is 30.5 Å². The average molecular weight is 479 g/mol. The first kappa shape index (κ1) is 24.5. The highest BCUT2D eigenvalue weighted by atomic mass is 31.1. The molecule has 0 radical (unpaired) electrons. The lowest BCUT2D eigenvalue weighted by Crippen LogP contribution is -2.42. The maximum Gasteiger partial charge on any atom is 0.405 e. The van der Waals surface area contributed by atoms with Gasteiger partial charge in [0.25, 0.3) is 0 Å². The van der Waals surface area contributed by atoms with E-state index >= 15 is 0 Å². The second-order valence-corrected chi connectivity index (χ2v) is 28.7. The Balaban J connectivity index is 2.03. The molecule has 0 aliphatic rings. The van der Waals surface area contributed by atoms with Crippen LogP contribution < -0.4 is 20.2 Å². The summed E-state index contributed by atoms with van der Waals surface area (Å²) in [5, 5.41) is 4.43. The van der Waals surface area contributed by atoms with Crippen LogP contribution in [0.4, 0.5) is 5.69 Å². The minimum Gasteiger partial charge on any atom is -0.473 e. The van der Waals surface area contributed by atoms with Crippen molar-refractivity contribution in [2.45, 2.75) is 49.1 Å². The summed E-state index contributed by atoms with van der Waals surface area (Å²) in [6.07, 6.45) is 0. The molecule has 3 rings (SSSR count). The molecule has 0 aromatic heterocycles. The predicted octanol–water partition coefficient (Wildman–Crippen LogP) is 6.34. The zero-order chi connectivity index (χ0) is 22.5. The molecule has 1 N–H and O–H groups in total. The van der Waals surface area contributed by atoms with Gasteiger partial charge in [-0.05, 0) is 36.4 Å². The number of nitrogens with one attached hydrogen (secondary N) is 1. The Labute approximate surface area is 197 Å². The maximum atomic E-state index is 4.21. The number of anilines is 1. The molecule has 0 spiro atoms. The first-order valence-electron chi connectivity index (χ1n) is 11.5. The van der Waals surface area contributed by atoms with Crippen molar-refractivity contribution in [1.82, 2.24) is 0 Å². The highest BCUT2D eigenvalue weighted by molar-refractivity contribution is 7.80. The molecule has 0 saturated carbocycles. The van der Waals surface area contributed by atoms with Crippen molar-refractivity contribution < 1.29 is 0 Å². The molecule has 3 aromatic rings. The van der Waals surface area contributed by atoms with Crippen molar-refractivity contribution in [3.8, 4) is 0 Å². The standard InChI is InChI=1S/C18H15NP.2C4H11Si.Al/c19-17-13-7-8-14-18(17)20(15-9-3-1-4-10-15)16-11-5-2-6-12-16;2*1-5(2,3)4;/h1-14,19H;2*1H2,2-4H3;/q-1;;;+1/p+1. The summed E-state index contributed by atoms with van der Waals surface area (Å²) in [6, 6.07) is 31.4. The van der Waals surface area contributed by atoms with Crippen LogP contribution in [0.1, 0.15) is 0 Å². The Hall–Kier alpha value is -1.14. The molecular weight excluding hydrogens is 440 g/mol. The first-order chi connectivity index (χ1) is 14.6. The molecule has 31 heavy (non-hydrogen) atoms. The van der Waals surface area contributed by atoms with Crippen LogP contribution >= 0.6 is 7.92 Å². The molecule has 0 unspecified atom stereocenters. The first-order valence-corrected chi connectivity index (χ1v) is 22.6. The molecular formula is C26H38AlNPSi2+. The van der Waals surface area contributed by atoms with Crippen LogP contribution in [0.5, 0.6) is 0 Å². The van der Waals surface area contributed by atoms with E-state index in [1.165, 1.54) is 31.4 Å². The van der Waals surface area contributed by atoms with Crippen LogP contribution in [0.3, 0.4) is 0 Å². The lowest BCUT2D eigenvalue weighted by molar-refractivity contribution is 1.50. The van der Waals surface area contributed by atoms with E-state index in [0.717, 1.165) is 0 Å². The van der Waals surface area contributed by atoms with Gasteiger partial charge in [-0.25, -0.2) is 0 Å². The summed E-state index contributed by atoms with van der Waals surface area (Å²) < 4.78 is 4.21. The van der Waals surface area contributed by atoms with Crippen molar-refractivity contribution in [3.63, 3.8) is 0 Å². The molecule has 162 valence electrons. The fourth-order valence-electron chi connectivity index (χ4n) is 4.39. The van der Waals surface area contributed by atoms with Gasteiger partial charge in [0.1, 0.15) is 23.8 Å². The second-order valence-electron chi connectivity index (χ2n) is 11.0. The number of hydrogen-bond acceptors (Lipinski definition) is 1. The number of benzene rings is 3. The number of hydrogen-bond donors (Lipinski definition) is 1. The van der Waals surface area contributed by atoms with Gasteiger partial charge in [0.05, 0.1) is 5.69 Å². The van der Waals surface area contributed by atoms with E-state index in [0.29, 0.717) is 0 Å². The van der Waals surface area contributed by atoms with Crippen LogP contribution in [0.15, 0.2) is 84.9 Å². The van der Waals surface area contributed by atoms with Crippen molar-refractivity contribution in [2.75, 3.05) is 4.30 Å². The monoisotopic (exact) mass is 478 g/mol. The molecule has 0 amide bonds. The van der Waals surface area contributed by atoms with Crippen LogP contribution in [0.25, 0.3) is 0 Å². The predicted molar refractivity (Wildman–Crippen MR) is 152 cm³/mol. The van der Waals surface area contributed by atoms with Gasteiger partial charge >= 0.3 is 14.4 Å². The van der Waals surface area contributed by atoms with Gasteiger partial charge in [-0.1, -0.05) is 97.6 Å². The quantitative estimate of drug-likeness (QED) is 0.280. The summed E-state index contributed by atoms with van der Waals surface area (Å²) in [6.45, 7) is 15.2. The van der Waals surface area contributed by atoms with Gasteiger partial charge in [0, 0.05) is 16.1 Å². The number of para-hydroxylation sites is 1. The number of rotatable bonds is 9. The Morgan fingerprint density at radius 3 is 1.48 bits per heavy atom. The zero-order valence-electron chi connectivity index (χ0n) is 20.1. The van der Waals surface area contributed by atoms with Gasteiger partial charge in [-0.3, -0.25) is 0 Å². The normalized spacial score (nSPS) is 12.1. The second kappa shape index (κ2) is 10.6. The van der Waals surface area contributed by atoms with Crippen LogP contribution in [0, 0.1) is 0 Å². The van der Waals surface area contributed by atoms with E-state index in [1.54, 1.807) is 0 Å². The molecule has 0 saturated heterocycles. The summed E-state index contributed by atoms with van der Waals surface area (Å²) in [4.78, 5) is 2.93. The lowest BCUT2D eigenvalue weighted by atomic mass is 10.3. The lowest BCUT2D eigenvalue weighted by Gasteiger charge is -2.27. The Bertz CT molecular complexity index is 897. The van der Waals surface area contributed by atoms with E-state index in [1.807, 2.05) is 0 Å². The van der Waals surface area contributed by atoms with E-state index in [4.69, 9.17) is 0 Å². The molecule has 0 fully saturated rings. The molecule has 0 bridgehead atoms. The van der Waals surface area contributed by atoms with E-state index in [2.05, 4.69) is 129 Å². The van der Waals surface area contributed by atoms with E-state index in [-0.39, 0.29) is 0 Å². The molecule has 3 aromatic carbocycles. The average Bonchev–Trinajstić information content (AvgIpc) is 2.69. The molecule has 0 aliphatic carbocycles. The van der Waals surface area contributed by atoms with Gasteiger partial charge in [0.2, 0.25) is 0 Å². The Kier molecular flexibility index (Phi) is 8.41. The minimum atomic E-state index is -1.12. The minimum absolute atomic E-state index is 1.06. The van der Waals surface area contributed by atoms with Gasteiger partial charge in [0.15, 0.2) is 0 Å². The van der Waals surface area contributed by atoms with Crippen molar-refractivity contribution in [2.24, 2.45) is 0 Å². The van der Waals surface area contributed by atoms with Gasteiger partial charge in [-0.15, -0.1) is 0 Å². The van der Waals surface area contributed by atoms with Gasteiger partial charge < -0.3 is 4.30 Å². The van der Waals surface area contributed by atoms with E-state index in [9.17, 15) is 0 Å². The van der Waals surface area contributed by atoms with Crippen LogP contribution in [0.2, 0.25) is 49.1 Å². The third kappa shape index (κ3) is 7.74. The third-order valence-electron chi connectivity index (χ3n) is 5.40. The fraction of sp³-hybridized carbons (Fsp3) is 0.308. The van der Waals surface area contributed by atoms with Crippen molar-refractivity contribution in [3.05, 3.63) is 84.9 Å². The molecule has 0 aliphatic heterocycles. The summed E-state index contributed by atoms with van der Waals surface area (Å²) in [5.74, 6) is 0. The molecule has 0 heterocycles. The van der Waals surface area contributed by atoms with Crippen LogP contribution in [-0.2, 0) is 0 Å². The molecule has 5 heteroatoms. The van der Waals surface area contributed by atoms with E-state index < -0.39 is 38.4 Å². The summed E-state index contributed by atoms with van der Waals surface area (Å²) in [7, 11) is -3.29. The fourth-order valence-corrected chi connectivity index (χ4v) is 22.4. The van der Waals surface area contributed by atoms with Gasteiger partial charge in [-0.2, -0.15) is 0 Å². The third-order valence-corrected chi connectivity index (χ3v) is 22.7. The topological polar surface area (TPSA) is 12.0 Å². The highest BCUT2D eigenvalue weighted by Gasteiger charge is 2.34. The zero-order valence-corrected chi connectivity index (χ0v) is 24.2. The maximum absolute atomic E-state index is 4.21. The van der Waals surface area contributed by atoms with Crippen molar-refractivity contribution >= 4 is 60.0 Å². The summed E-state index contributed by atoms with van der Waals surface area (Å²) in [5.41, 5.74) is 1.40.